The quantitative estimate of drug-likeness (QED) is 0.645. The summed E-state index contributed by atoms with van der Waals surface area (Å²) in [6, 6.07) is 8.16. The van der Waals surface area contributed by atoms with Crippen LogP contribution in [-0.4, -0.2) is 10.7 Å². The minimum Gasteiger partial charge on any atom is -0.397 e. The van der Waals surface area contributed by atoms with E-state index in [4.69, 9.17) is 5.73 Å². The monoisotopic (exact) mass is 232 g/mol. The number of unbranched alkanes of at least 4 members (excludes halogenated alkanes) is 1. The molecule has 0 radical (unpaired) electrons. The Morgan fingerprint density at radius 1 is 1.31 bits per heavy atom. The molecule has 0 saturated heterocycles. The van der Waals surface area contributed by atoms with Crippen LogP contribution in [0.25, 0.3) is 10.9 Å². The molecule has 2 N–H and O–H groups in total. The molecule has 0 unspecified atom stereocenters. The number of nitrogens with two attached hydrogens (primary N) is 1. The minimum absolute atomic E-state index is 0.791. The summed E-state index contributed by atoms with van der Waals surface area (Å²) in [5, 5.41) is 1.17. The predicted octanol–water partition coefficient (Wildman–Crippen LogP) is 3.71. The first-order valence-electron chi connectivity index (χ1n) is 5.59. The van der Waals surface area contributed by atoms with E-state index in [2.05, 4.69) is 18.0 Å². The number of thioether (sulfide) groups is 1. The molecule has 1 heterocycles. The topological polar surface area (TPSA) is 38.9 Å². The van der Waals surface area contributed by atoms with Crippen LogP contribution in [0.15, 0.2) is 35.4 Å². The van der Waals surface area contributed by atoms with Crippen molar-refractivity contribution in [1.82, 2.24) is 4.98 Å². The number of nitrogens with zero attached hydrogens (tertiary/aromatic N) is 1. The van der Waals surface area contributed by atoms with E-state index in [0.717, 1.165) is 17.0 Å². The highest BCUT2D eigenvalue weighted by molar-refractivity contribution is 7.99. The van der Waals surface area contributed by atoms with Gasteiger partial charge in [-0.15, -0.1) is 11.8 Å². The Balaban J connectivity index is 2.37. The summed E-state index contributed by atoms with van der Waals surface area (Å²) >= 11 is 1.84. The molecule has 1 aromatic heterocycles. The van der Waals surface area contributed by atoms with Gasteiger partial charge in [0.05, 0.1) is 17.4 Å². The van der Waals surface area contributed by atoms with Crippen LogP contribution in [0.2, 0.25) is 0 Å². The van der Waals surface area contributed by atoms with Crippen LogP contribution in [0, 0.1) is 0 Å². The van der Waals surface area contributed by atoms with Crippen molar-refractivity contribution in [3.05, 3.63) is 30.5 Å². The maximum absolute atomic E-state index is 5.99. The molecule has 0 spiro atoms. The molecule has 0 bridgehead atoms. The molecule has 0 fully saturated rings. The number of para-hydroxylation sites is 1. The lowest BCUT2D eigenvalue weighted by atomic mass is 10.2. The first-order chi connectivity index (χ1) is 7.83. The second kappa shape index (κ2) is 5.21. The van der Waals surface area contributed by atoms with E-state index in [-0.39, 0.29) is 0 Å². The third-order valence-electron chi connectivity index (χ3n) is 2.50. The van der Waals surface area contributed by atoms with Gasteiger partial charge in [0.2, 0.25) is 0 Å². The summed E-state index contributed by atoms with van der Waals surface area (Å²) in [6.45, 7) is 2.20. The van der Waals surface area contributed by atoms with E-state index < -0.39 is 0 Å². The number of pyridine rings is 1. The first-order valence-corrected chi connectivity index (χ1v) is 6.57. The zero-order valence-corrected chi connectivity index (χ0v) is 10.3. The zero-order chi connectivity index (χ0) is 11.4. The van der Waals surface area contributed by atoms with Gasteiger partial charge in [0, 0.05) is 10.3 Å². The molecule has 0 aliphatic heterocycles. The summed E-state index contributed by atoms with van der Waals surface area (Å²) in [5.74, 6) is 1.12. The molecule has 0 amide bonds. The highest BCUT2D eigenvalue weighted by Gasteiger charge is 2.06. The van der Waals surface area contributed by atoms with E-state index in [1.807, 2.05) is 30.0 Å². The fourth-order valence-electron chi connectivity index (χ4n) is 1.61. The molecule has 84 valence electrons. The Bertz CT molecular complexity index is 482. The molecule has 0 saturated carbocycles. The summed E-state index contributed by atoms with van der Waals surface area (Å²) in [7, 11) is 0. The first kappa shape index (κ1) is 11.3. The lowest BCUT2D eigenvalue weighted by Crippen LogP contribution is -1.93. The molecular weight excluding hydrogens is 216 g/mol. The maximum Gasteiger partial charge on any atom is 0.0714 e. The number of benzene rings is 1. The fourth-order valence-corrected chi connectivity index (χ4v) is 2.80. The lowest BCUT2D eigenvalue weighted by Gasteiger charge is -2.08. The van der Waals surface area contributed by atoms with E-state index >= 15 is 0 Å². The van der Waals surface area contributed by atoms with Crippen molar-refractivity contribution in [3.63, 3.8) is 0 Å². The molecule has 2 rings (SSSR count). The predicted molar refractivity (Wildman–Crippen MR) is 71.8 cm³/mol. The number of nitrogen functional groups attached to an aromatic ring is 1. The van der Waals surface area contributed by atoms with E-state index in [1.54, 1.807) is 6.20 Å². The highest BCUT2D eigenvalue weighted by Crippen LogP contribution is 2.32. The van der Waals surface area contributed by atoms with Crippen LogP contribution < -0.4 is 5.73 Å². The molecule has 2 aromatic rings. The minimum atomic E-state index is 0.791. The number of aromatic nitrogens is 1. The van der Waals surface area contributed by atoms with Crippen molar-refractivity contribution in [2.75, 3.05) is 11.5 Å². The maximum atomic E-state index is 5.99. The summed E-state index contributed by atoms with van der Waals surface area (Å²) in [6.07, 6.45) is 4.20. The molecule has 0 atom stereocenters. The average Bonchev–Trinajstić information content (AvgIpc) is 2.32. The zero-order valence-electron chi connectivity index (χ0n) is 9.44. The van der Waals surface area contributed by atoms with Gasteiger partial charge >= 0.3 is 0 Å². The van der Waals surface area contributed by atoms with Crippen molar-refractivity contribution < 1.29 is 0 Å². The van der Waals surface area contributed by atoms with E-state index in [0.29, 0.717) is 0 Å². The third-order valence-corrected chi connectivity index (χ3v) is 3.73. The van der Waals surface area contributed by atoms with Gasteiger partial charge in [-0.2, -0.15) is 0 Å². The molecule has 16 heavy (non-hydrogen) atoms. The number of hydrogen-bond acceptors (Lipinski definition) is 3. The molecular formula is C13H16N2S. The van der Waals surface area contributed by atoms with Crippen LogP contribution in [0.4, 0.5) is 5.69 Å². The standard InChI is InChI=1S/C13H16N2S/c1-2-3-8-16-13-10-6-4-5-7-12(10)15-9-11(13)14/h4-7,9H,2-3,8,14H2,1H3. The lowest BCUT2D eigenvalue weighted by molar-refractivity contribution is 0.896. The smallest absolute Gasteiger partial charge is 0.0714 e. The highest BCUT2D eigenvalue weighted by atomic mass is 32.2. The van der Waals surface area contributed by atoms with Crippen LogP contribution in [0.3, 0.4) is 0 Å². The molecule has 3 heteroatoms. The van der Waals surface area contributed by atoms with Gasteiger partial charge in [-0.05, 0) is 18.2 Å². The van der Waals surface area contributed by atoms with Crippen molar-refractivity contribution in [2.24, 2.45) is 0 Å². The Morgan fingerprint density at radius 3 is 2.94 bits per heavy atom. The van der Waals surface area contributed by atoms with Crippen LogP contribution >= 0.6 is 11.8 Å². The Hall–Kier alpha value is -1.22. The van der Waals surface area contributed by atoms with E-state index in [1.165, 1.54) is 23.1 Å². The third kappa shape index (κ3) is 2.30. The van der Waals surface area contributed by atoms with Crippen LogP contribution in [0.1, 0.15) is 19.8 Å². The van der Waals surface area contributed by atoms with Gasteiger partial charge in [-0.25, -0.2) is 0 Å². The van der Waals surface area contributed by atoms with Gasteiger partial charge in [0.25, 0.3) is 0 Å². The van der Waals surface area contributed by atoms with Gasteiger partial charge in [-0.1, -0.05) is 31.5 Å². The summed E-state index contributed by atoms with van der Waals surface area (Å²) in [4.78, 5) is 5.51. The van der Waals surface area contributed by atoms with Gasteiger partial charge < -0.3 is 5.73 Å². The van der Waals surface area contributed by atoms with Crippen molar-refractivity contribution in [3.8, 4) is 0 Å². The van der Waals surface area contributed by atoms with E-state index in [9.17, 15) is 0 Å². The largest absolute Gasteiger partial charge is 0.397 e. The fraction of sp³-hybridized carbons (Fsp3) is 0.308. The molecule has 1 aromatic carbocycles. The molecule has 0 aliphatic carbocycles. The second-order valence-electron chi connectivity index (χ2n) is 3.76. The Kier molecular flexibility index (Phi) is 3.67. The van der Waals surface area contributed by atoms with Crippen molar-refractivity contribution in [1.29, 1.82) is 0 Å². The normalized spacial score (nSPS) is 10.8. The molecule has 2 nitrogen and oxygen atoms in total. The number of anilines is 1. The Morgan fingerprint density at radius 2 is 2.12 bits per heavy atom. The number of hydrogen-bond donors (Lipinski definition) is 1. The number of rotatable bonds is 4. The van der Waals surface area contributed by atoms with Gasteiger partial charge in [-0.3, -0.25) is 4.98 Å². The molecule has 0 aliphatic rings. The van der Waals surface area contributed by atoms with Crippen molar-refractivity contribution >= 4 is 28.4 Å². The Labute approximate surface area is 100 Å². The van der Waals surface area contributed by atoms with Crippen LogP contribution in [0.5, 0.6) is 0 Å². The second-order valence-corrected chi connectivity index (χ2v) is 4.87. The van der Waals surface area contributed by atoms with Crippen LogP contribution in [-0.2, 0) is 0 Å². The summed E-state index contributed by atoms with van der Waals surface area (Å²) in [5.41, 5.74) is 7.80. The SMILES string of the molecule is CCCCSc1c(N)cnc2ccccc12. The number of fused-ring (bicyclic) bond motifs is 1. The summed E-state index contributed by atoms with van der Waals surface area (Å²) < 4.78 is 0. The average molecular weight is 232 g/mol. The van der Waals surface area contributed by atoms with Crippen molar-refractivity contribution in [2.45, 2.75) is 24.7 Å². The van der Waals surface area contributed by atoms with Gasteiger partial charge in [0.1, 0.15) is 0 Å². The van der Waals surface area contributed by atoms with Gasteiger partial charge in [0.15, 0.2) is 0 Å².